The SMILES string of the molecule is CCOC(=O)CCNC(=O)C(c1ccc(C)cc1)N(CC)C(=O)C(CO)NC(=O)OC(C)(C)C. The minimum absolute atomic E-state index is 0.0142. The van der Waals surface area contributed by atoms with Gasteiger partial charge in [-0.1, -0.05) is 29.8 Å². The summed E-state index contributed by atoms with van der Waals surface area (Å²) >= 11 is 0. The van der Waals surface area contributed by atoms with Crippen molar-refractivity contribution < 1.29 is 33.8 Å². The van der Waals surface area contributed by atoms with Crippen LogP contribution in [0.25, 0.3) is 0 Å². The van der Waals surface area contributed by atoms with Gasteiger partial charge in [0.2, 0.25) is 11.8 Å². The monoisotopic (exact) mass is 479 g/mol. The number of ether oxygens (including phenoxy) is 2. The average molecular weight is 480 g/mol. The second-order valence-electron chi connectivity index (χ2n) is 8.66. The molecule has 10 heteroatoms. The number of aliphatic hydroxyl groups is 1. The molecule has 2 unspecified atom stereocenters. The molecule has 2 atom stereocenters. The summed E-state index contributed by atoms with van der Waals surface area (Å²) in [7, 11) is 0. The van der Waals surface area contributed by atoms with Crippen LogP contribution in [0.2, 0.25) is 0 Å². The number of nitrogens with zero attached hydrogens (tertiary/aromatic N) is 1. The predicted octanol–water partition coefficient (Wildman–Crippen LogP) is 1.84. The Balaban J connectivity index is 3.14. The number of hydrogen-bond acceptors (Lipinski definition) is 7. The molecule has 3 N–H and O–H groups in total. The van der Waals surface area contributed by atoms with Crippen molar-refractivity contribution in [3.63, 3.8) is 0 Å². The molecule has 190 valence electrons. The molecule has 0 aliphatic carbocycles. The van der Waals surface area contributed by atoms with Gasteiger partial charge in [0.1, 0.15) is 17.7 Å². The molecule has 0 saturated heterocycles. The predicted molar refractivity (Wildman–Crippen MR) is 126 cm³/mol. The third-order valence-electron chi connectivity index (χ3n) is 4.68. The number of carbonyl (C=O) groups is 4. The van der Waals surface area contributed by atoms with Crippen LogP contribution in [-0.2, 0) is 23.9 Å². The highest BCUT2D eigenvalue weighted by Gasteiger charge is 2.35. The number of esters is 1. The van der Waals surface area contributed by atoms with Gasteiger partial charge >= 0.3 is 12.1 Å². The summed E-state index contributed by atoms with van der Waals surface area (Å²) in [5, 5.41) is 14.8. The highest BCUT2D eigenvalue weighted by Crippen LogP contribution is 2.23. The number of aliphatic hydroxyl groups excluding tert-OH is 1. The van der Waals surface area contributed by atoms with Crippen molar-refractivity contribution in [3.05, 3.63) is 35.4 Å². The van der Waals surface area contributed by atoms with Crippen LogP contribution < -0.4 is 10.6 Å². The second kappa shape index (κ2) is 13.5. The minimum Gasteiger partial charge on any atom is -0.466 e. The molecule has 34 heavy (non-hydrogen) atoms. The Morgan fingerprint density at radius 3 is 2.21 bits per heavy atom. The summed E-state index contributed by atoms with van der Waals surface area (Å²) in [5.41, 5.74) is 0.726. The molecule has 10 nitrogen and oxygen atoms in total. The van der Waals surface area contributed by atoms with E-state index >= 15 is 0 Å². The quantitative estimate of drug-likeness (QED) is 0.412. The number of carbonyl (C=O) groups excluding carboxylic acids is 4. The van der Waals surface area contributed by atoms with Crippen molar-refractivity contribution in [3.8, 4) is 0 Å². The second-order valence-corrected chi connectivity index (χ2v) is 8.66. The molecule has 0 radical (unpaired) electrons. The maximum absolute atomic E-state index is 13.3. The number of rotatable bonds is 11. The number of nitrogens with one attached hydrogen (secondary N) is 2. The van der Waals surface area contributed by atoms with Crippen LogP contribution in [-0.4, -0.2) is 71.8 Å². The van der Waals surface area contributed by atoms with Crippen LogP contribution in [0.4, 0.5) is 4.79 Å². The smallest absolute Gasteiger partial charge is 0.408 e. The van der Waals surface area contributed by atoms with E-state index in [1.54, 1.807) is 46.8 Å². The third kappa shape index (κ3) is 9.38. The van der Waals surface area contributed by atoms with Gasteiger partial charge in [0.15, 0.2) is 0 Å². The minimum atomic E-state index is -1.31. The van der Waals surface area contributed by atoms with Gasteiger partial charge in [0, 0.05) is 13.1 Å². The van der Waals surface area contributed by atoms with Gasteiger partial charge in [0.05, 0.1) is 19.6 Å². The van der Waals surface area contributed by atoms with Gasteiger partial charge in [0.25, 0.3) is 0 Å². The van der Waals surface area contributed by atoms with Gasteiger partial charge in [-0.3, -0.25) is 14.4 Å². The van der Waals surface area contributed by atoms with Gasteiger partial charge in [-0.25, -0.2) is 4.79 Å². The highest BCUT2D eigenvalue weighted by atomic mass is 16.6. The summed E-state index contributed by atoms with van der Waals surface area (Å²) in [6, 6.07) is 4.74. The van der Waals surface area contributed by atoms with Gasteiger partial charge in [-0.05, 0) is 47.1 Å². The van der Waals surface area contributed by atoms with Gasteiger partial charge < -0.3 is 30.1 Å². The highest BCUT2D eigenvalue weighted by molar-refractivity contribution is 5.92. The van der Waals surface area contributed by atoms with E-state index in [4.69, 9.17) is 9.47 Å². The zero-order valence-corrected chi connectivity index (χ0v) is 20.8. The molecule has 0 spiro atoms. The summed E-state index contributed by atoms with van der Waals surface area (Å²) < 4.78 is 10.1. The molecule has 0 bridgehead atoms. The van der Waals surface area contributed by atoms with Crippen LogP contribution in [0.3, 0.4) is 0 Å². The number of likely N-dealkylation sites (N-methyl/N-ethyl adjacent to an activating group) is 1. The number of aryl methyl sites for hydroxylation is 1. The van der Waals surface area contributed by atoms with Gasteiger partial charge in [-0.15, -0.1) is 0 Å². The Hall–Kier alpha value is -3.14. The Bertz CT molecular complexity index is 834. The molecule has 1 aromatic carbocycles. The van der Waals surface area contributed by atoms with Crippen molar-refractivity contribution in [2.75, 3.05) is 26.3 Å². The molecule has 0 aliphatic heterocycles. The van der Waals surface area contributed by atoms with Crippen LogP contribution >= 0.6 is 0 Å². The lowest BCUT2D eigenvalue weighted by molar-refractivity contribution is -0.144. The molecule has 1 rings (SSSR count). The molecule has 0 saturated carbocycles. The molecule has 0 heterocycles. The van der Waals surface area contributed by atoms with Gasteiger partial charge in [-0.2, -0.15) is 0 Å². The number of benzene rings is 1. The lowest BCUT2D eigenvalue weighted by Crippen LogP contribution is -2.54. The first-order valence-corrected chi connectivity index (χ1v) is 11.3. The number of hydrogen-bond donors (Lipinski definition) is 3. The fraction of sp³-hybridized carbons (Fsp3) is 0.583. The van der Waals surface area contributed by atoms with Crippen molar-refractivity contribution in [2.24, 2.45) is 0 Å². The van der Waals surface area contributed by atoms with Crippen molar-refractivity contribution in [1.29, 1.82) is 0 Å². The first-order chi connectivity index (χ1) is 15.9. The molecule has 0 fully saturated rings. The van der Waals surface area contributed by atoms with E-state index in [9.17, 15) is 24.3 Å². The summed E-state index contributed by atoms with van der Waals surface area (Å²) in [6.45, 7) is 10.0. The summed E-state index contributed by atoms with van der Waals surface area (Å²) in [6.07, 6.45) is -0.874. The fourth-order valence-electron chi connectivity index (χ4n) is 3.14. The maximum Gasteiger partial charge on any atom is 0.408 e. The van der Waals surface area contributed by atoms with Crippen molar-refractivity contribution >= 4 is 23.9 Å². The zero-order chi connectivity index (χ0) is 25.9. The lowest BCUT2D eigenvalue weighted by Gasteiger charge is -2.33. The molecular weight excluding hydrogens is 442 g/mol. The number of amides is 3. The first-order valence-electron chi connectivity index (χ1n) is 11.3. The van der Waals surface area contributed by atoms with Crippen LogP contribution in [0.15, 0.2) is 24.3 Å². The van der Waals surface area contributed by atoms with E-state index in [2.05, 4.69) is 10.6 Å². The zero-order valence-electron chi connectivity index (χ0n) is 20.8. The number of alkyl carbamates (subject to hydrolysis) is 1. The maximum atomic E-state index is 13.3. The van der Waals surface area contributed by atoms with E-state index in [1.807, 2.05) is 19.1 Å². The molecule has 0 aromatic heterocycles. The van der Waals surface area contributed by atoms with E-state index in [0.29, 0.717) is 5.56 Å². The van der Waals surface area contributed by atoms with E-state index in [-0.39, 0.29) is 26.1 Å². The van der Waals surface area contributed by atoms with Crippen LogP contribution in [0, 0.1) is 6.92 Å². The molecular formula is C24H37N3O7. The largest absolute Gasteiger partial charge is 0.466 e. The van der Waals surface area contributed by atoms with E-state index in [0.717, 1.165) is 5.56 Å². The summed E-state index contributed by atoms with van der Waals surface area (Å²) in [4.78, 5) is 51.5. The third-order valence-corrected chi connectivity index (χ3v) is 4.68. The molecule has 3 amide bonds. The lowest BCUT2D eigenvalue weighted by atomic mass is 10.0. The first kappa shape index (κ1) is 28.9. The van der Waals surface area contributed by atoms with E-state index < -0.39 is 48.2 Å². The van der Waals surface area contributed by atoms with Crippen LogP contribution in [0.5, 0.6) is 0 Å². The Morgan fingerprint density at radius 1 is 1.09 bits per heavy atom. The molecule has 1 aromatic rings. The standard InChI is InChI=1S/C24H37N3O7/c1-7-27(22(31)18(15-28)26-23(32)34-24(4,5)6)20(17-11-9-16(3)10-12-17)21(30)25-14-13-19(29)33-8-2/h9-12,18,20,28H,7-8,13-15H2,1-6H3,(H,25,30)(H,26,32). The fourth-order valence-corrected chi connectivity index (χ4v) is 3.14. The Kier molecular flexibility index (Phi) is 11.5. The van der Waals surface area contributed by atoms with Crippen LogP contribution in [0.1, 0.15) is 58.2 Å². The Morgan fingerprint density at radius 2 is 1.71 bits per heavy atom. The summed E-state index contributed by atoms with van der Waals surface area (Å²) in [5.74, 6) is -1.60. The Labute approximate surface area is 201 Å². The average Bonchev–Trinajstić information content (AvgIpc) is 2.75. The van der Waals surface area contributed by atoms with Crippen molar-refractivity contribution in [1.82, 2.24) is 15.5 Å². The molecule has 0 aliphatic rings. The normalized spacial score (nSPS) is 12.8. The van der Waals surface area contributed by atoms with Crippen molar-refractivity contribution in [2.45, 2.75) is 65.6 Å². The van der Waals surface area contributed by atoms with E-state index in [1.165, 1.54) is 4.90 Å². The topological polar surface area (TPSA) is 134 Å².